The molecule has 94 valence electrons. The van der Waals surface area contributed by atoms with Gasteiger partial charge in [-0.25, -0.2) is 9.82 Å². The Bertz CT molecular complexity index is 534. The zero-order valence-electron chi connectivity index (χ0n) is 10.4. The number of aromatic nitrogens is 1. The molecule has 2 rings (SSSR count). The summed E-state index contributed by atoms with van der Waals surface area (Å²) in [6.45, 7) is 3.83. The Labute approximate surface area is 106 Å². The lowest BCUT2D eigenvalue weighted by molar-refractivity contribution is 0.596. The van der Waals surface area contributed by atoms with E-state index in [9.17, 15) is 4.39 Å². The quantitative estimate of drug-likeness (QED) is 0.645. The van der Waals surface area contributed by atoms with E-state index in [1.807, 2.05) is 32.0 Å². The molecule has 0 saturated heterocycles. The fourth-order valence-electron chi connectivity index (χ4n) is 2.00. The van der Waals surface area contributed by atoms with Crippen molar-refractivity contribution >= 4 is 0 Å². The molecule has 18 heavy (non-hydrogen) atoms. The average Bonchev–Trinajstić information content (AvgIpc) is 2.28. The molecule has 1 unspecified atom stereocenters. The van der Waals surface area contributed by atoms with Crippen LogP contribution in [0.5, 0.6) is 0 Å². The highest BCUT2D eigenvalue weighted by atomic mass is 19.1. The Morgan fingerprint density at radius 1 is 1.17 bits per heavy atom. The minimum absolute atomic E-state index is 0.266. The molecule has 0 aliphatic heterocycles. The van der Waals surface area contributed by atoms with Crippen molar-refractivity contribution in [2.45, 2.75) is 19.9 Å². The highest BCUT2D eigenvalue weighted by molar-refractivity contribution is 5.32. The summed E-state index contributed by atoms with van der Waals surface area (Å²) in [5.74, 6) is 5.31. The number of nitrogens with one attached hydrogen (secondary N) is 1. The predicted molar refractivity (Wildman–Crippen MR) is 69.3 cm³/mol. The van der Waals surface area contributed by atoms with Crippen LogP contribution in [0.4, 0.5) is 4.39 Å². The van der Waals surface area contributed by atoms with E-state index in [-0.39, 0.29) is 11.9 Å². The summed E-state index contributed by atoms with van der Waals surface area (Å²) in [5.41, 5.74) is 6.19. The van der Waals surface area contributed by atoms with Gasteiger partial charge in [0.25, 0.3) is 0 Å². The van der Waals surface area contributed by atoms with Crippen molar-refractivity contribution in [3.05, 3.63) is 64.7 Å². The summed E-state index contributed by atoms with van der Waals surface area (Å²) < 4.78 is 13.4. The molecule has 0 spiro atoms. The summed E-state index contributed by atoms with van der Waals surface area (Å²) in [7, 11) is 0. The molecule has 2 aromatic rings. The molecule has 0 fully saturated rings. The molecule has 0 bridgehead atoms. The Kier molecular flexibility index (Phi) is 3.69. The monoisotopic (exact) mass is 245 g/mol. The number of pyridine rings is 1. The van der Waals surface area contributed by atoms with Gasteiger partial charge < -0.3 is 0 Å². The van der Waals surface area contributed by atoms with Gasteiger partial charge in [-0.2, -0.15) is 0 Å². The molecule has 3 N–H and O–H groups in total. The molecule has 0 saturated carbocycles. The molecular formula is C14H16FN3. The number of halogens is 1. The molecule has 1 atom stereocenters. The minimum Gasteiger partial charge on any atom is -0.271 e. The molecule has 1 aromatic carbocycles. The topological polar surface area (TPSA) is 50.9 Å². The van der Waals surface area contributed by atoms with Gasteiger partial charge in [-0.05, 0) is 54.8 Å². The Morgan fingerprint density at radius 2 is 1.94 bits per heavy atom. The SMILES string of the molecule is Cc1cc(F)cc(C(NN)c2cc(C)ccn2)c1. The van der Waals surface area contributed by atoms with Crippen molar-refractivity contribution in [3.8, 4) is 0 Å². The molecular weight excluding hydrogens is 229 g/mol. The fourth-order valence-corrected chi connectivity index (χ4v) is 2.00. The number of hydrogen-bond acceptors (Lipinski definition) is 3. The van der Waals surface area contributed by atoms with E-state index in [4.69, 9.17) is 5.84 Å². The second kappa shape index (κ2) is 5.25. The summed E-state index contributed by atoms with van der Waals surface area (Å²) in [6, 6.07) is 8.40. The second-order valence-corrected chi connectivity index (χ2v) is 4.42. The van der Waals surface area contributed by atoms with Crippen LogP contribution in [0.1, 0.15) is 28.4 Å². The predicted octanol–water partition coefficient (Wildman–Crippen LogP) is 2.39. The normalized spacial score (nSPS) is 12.4. The Balaban J connectivity index is 2.45. The van der Waals surface area contributed by atoms with Gasteiger partial charge in [-0.1, -0.05) is 6.07 Å². The van der Waals surface area contributed by atoms with Crippen LogP contribution in [0.3, 0.4) is 0 Å². The van der Waals surface area contributed by atoms with Gasteiger partial charge in [-0.3, -0.25) is 10.8 Å². The zero-order chi connectivity index (χ0) is 13.1. The molecule has 0 amide bonds. The lowest BCUT2D eigenvalue weighted by atomic mass is 10.0. The number of rotatable bonds is 3. The van der Waals surface area contributed by atoms with Crippen LogP contribution < -0.4 is 11.3 Å². The van der Waals surface area contributed by atoms with Gasteiger partial charge in [0.15, 0.2) is 0 Å². The van der Waals surface area contributed by atoms with Crippen molar-refractivity contribution in [2.75, 3.05) is 0 Å². The third kappa shape index (κ3) is 2.72. The van der Waals surface area contributed by atoms with Gasteiger partial charge in [0.1, 0.15) is 5.82 Å². The van der Waals surface area contributed by atoms with E-state index in [1.165, 1.54) is 12.1 Å². The highest BCUT2D eigenvalue weighted by Gasteiger charge is 2.15. The number of hydrogen-bond donors (Lipinski definition) is 2. The maximum absolute atomic E-state index is 13.4. The second-order valence-electron chi connectivity index (χ2n) is 4.42. The lowest BCUT2D eigenvalue weighted by Gasteiger charge is -2.17. The van der Waals surface area contributed by atoms with Gasteiger partial charge in [0, 0.05) is 6.20 Å². The summed E-state index contributed by atoms with van der Waals surface area (Å²) in [6.07, 6.45) is 1.72. The first-order valence-electron chi connectivity index (χ1n) is 5.76. The van der Waals surface area contributed by atoms with Crippen molar-refractivity contribution in [2.24, 2.45) is 5.84 Å². The first-order valence-corrected chi connectivity index (χ1v) is 5.76. The summed E-state index contributed by atoms with van der Waals surface area (Å²) >= 11 is 0. The van der Waals surface area contributed by atoms with Gasteiger partial charge in [0.05, 0.1) is 11.7 Å². The molecule has 1 aromatic heterocycles. The number of nitrogens with zero attached hydrogens (tertiary/aromatic N) is 1. The van der Waals surface area contributed by atoms with E-state index < -0.39 is 0 Å². The van der Waals surface area contributed by atoms with Gasteiger partial charge in [0.2, 0.25) is 0 Å². The third-order valence-corrected chi connectivity index (χ3v) is 2.80. The van der Waals surface area contributed by atoms with Crippen LogP contribution in [0.15, 0.2) is 36.5 Å². The van der Waals surface area contributed by atoms with Crippen molar-refractivity contribution < 1.29 is 4.39 Å². The highest BCUT2D eigenvalue weighted by Crippen LogP contribution is 2.22. The van der Waals surface area contributed by atoms with E-state index in [2.05, 4.69) is 10.4 Å². The van der Waals surface area contributed by atoms with Crippen molar-refractivity contribution in [1.82, 2.24) is 10.4 Å². The minimum atomic E-state index is -0.306. The average molecular weight is 245 g/mol. The van der Waals surface area contributed by atoms with E-state index in [1.54, 1.807) is 6.20 Å². The number of hydrazine groups is 1. The van der Waals surface area contributed by atoms with E-state index in [0.717, 1.165) is 22.4 Å². The largest absolute Gasteiger partial charge is 0.271 e. The van der Waals surface area contributed by atoms with E-state index in [0.29, 0.717) is 0 Å². The smallest absolute Gasteiger partial charge is 0.123 e. The van der Waals surface area contributed by atoms with Crippen molar-refractivity contribution in [3.63, 3.8) is 0 Å². The lowest BCUT2D eigenvalue weighted by Crippen LogP contribution is -2.29. The van der Waals surface area contributed by atoms with Gasteiger partial charge >= 0.3 is 0 Å². The number of aryl methyl sites for hydroxylation is 2. The van der Waals surface area contributed by atoms with Crippen molar-refractivity contribution in [1.29, 1.82) is 0 Å². The van der Waals surface area contributed by atoms with E-state index >= 15 is 0 Å². The first kappa shape index (κ1) is 12.7. The molecule has 0 radical (unpaired) electrons. The van der Waals surface area contributed by atoms with Crippen LogP contribution >= 0.6 is 0 Å². The van der Waals surface area contributed by atoms with Crippen LogP contribution in [-0.2, 0) is 0 Å². The van der Waals surface area contributed by atoms with Gasteiger partial charge in [-0.15, -0.1) is 0 Å². The third-order valence-electron chi connectivity index (χ3n) is 2.80. The zero-order valence-corrected chi connectivity index (χ0v) is 10.4. The van der Waals surface area contributed by atoms with Crippen LogP contribution in [0.25, 0.3) is 0 Å². The maximum atomic E-state index is 13.4. The maximum Gasteiger partial charge on any atom is 0.123 e. The van der Waals surface area contributed by atoms with Crippen LogP contribution in [0.2, 0.25) is 0 Å². The molecule has 4 heteroatoms. The summed E-state index contributed by atoms with van der Waals surface area (Å²) in [5, 5.41) is 0. The Morgan fingerprint density at radius 3 is 2.56 bits per heavy atom. The first-order chi connectivity index (χ1) is 8.60. The summed E-state index contributed by atoms with van der Waals surface area (Å²) in [4.78, 5) is 4.28. The van der Waals surface area contributed by atoms with Crippen LogP contribution in [-0.4, -0.2) is 4.98 Å². The number of benzene rings is 1. The fraction of sp³-hybridized carbons (Fsp3) is 0.214. The molecule has 0 aliphatic carbocycles. The standard InChI is InChI=1S/C14H16FN3/c1-9-3-4-17-13(7-9)14(18-16)11-5-10(2)6-12(15)8-11/h3-8,14,18H,16H2,1-2H3. The Hall–Kier alpha value is -1.78. The molecule has 3 nitrogen and oxygen atoms in total. The molecule has 1 heterocycles. The molecule has 0 aliphatic rings. The number of nitrogens with two attached hydrogens (primary N) is 1. The van der Waals surface area contributed by atoms with Crippen LogP contribution in [0, 0.1) is 19.7 Å².